The fraction of sp³-hybridized carbons (Fsp3) is 0.286. The van der Waals surface area contributed by atoms with Crippen LogP contribution in [0, 0.1) is 0 Å². The van der Waals surface area contributed by atoms with Crippen molar-refractivity contribution >= 4 is 29.3 Å². The first-order valence-electron chi connectivity index (χ1n) is 9.49. The number of para-hydroxylation sites is 1. The second-order valence-corrected chi connectivity index (χ2v) is 6.98. The molecule has 0 saturated carbocycles. The third-order valence-corrected chi connectivity index (χ3v) is 5.14. The number of anilines is 2. The number of hydrogen-bond acceptors (Lipinski definition) is 5. The zero-order valence-corrected chi connectivity index (χ0v) is 15.7. The number of benzene rings is 2. The zero-order chi connectivity index (χ0) is 20.4. The lowest BCUT2D eigenvalue weighted by atomic mass is 10.1. The molecule has 2 N–H and O–H groups in total. The van der Waals surface area contributed by atoms with E-state index in [1.54, 1.807) is 42.5 Å². The molecule has 0 bridgehead atoms. The highest BCUT2D eigenvalue weighted by molar-refractivity contribution is 6.03. The molecule has 29 heavy (non-hydrogen) atoms. The summed E-state index contributed by atoms with van der Waals surface area (Å²) >= 11 is 0. The number of phenolic OH excluding ortho intramolecular Hbond substituents is 1. The Morgan fingerprint density at radius 3 is 2.69 bits per heavy atom. The highest BCUT2D eigenvalue weighted by Crippen LogP contribution is 2.26. The van der Waals surface area contributed by atoms with Gasteiger partial charge in [0.1, 0.15) is 18.4 Å². The largest absolute Gasteiger partial charge is 0.507 e. The average molecular weight is 395 g/mol. The fourth-order valence-electron chi connectivity index (χ4n) is 3.70. The van der Waals surface area contributed by atoms with Crippen LogP contribution >= 0.6 is 0 Å². The van der Waals surface area contributed by atoms with Crippen LogP contribution in [0.25, 0.3) is 0 Å². The van der Waals surface area contributed by atoms with E-state index in [0.717, 1.165) is 0 Å². The van der Waals surface area contributed by atoms with Gasteiger partial charge in [0.15, 0.2) is 0 Å². The Morgan fingerprint density at radius 1 is 1.10 bits per heavy atom. The summed E-state index contributed by atoms with van der Waals surface area (Å²) < 4.78 is 4.95. The molecule has 8 nitrogen and oxygen atoms in total. The first kappa shape index (κ1) is 18.8. The Morgan fingerprint density at radius 2 is 1.93 bits per heavy atom. The van der Waals surface area contributed by atoms with Gasteiger partial charge in [0.25, 0.3) is 5.91 Å². The van der Waals surface area contributed by atoms with Gasteiger partial charge in [0.05, 0.1) is 12.1 Å². The lowest BCUT2D eigenvalue weighted by Crippen LogP contribution is -2.43. The van der Waals surface area contributed by atoms with Crippen molar-refractivity contribution in [2.45, 2.75) is 18.9 Å². The fourth-order valence-corrected chi connectivity index (χ4v) is 3.70. The van der Waals surface area contributed by atoms with E-state index in [2.05, 4.69) is 5.32 Å². The molecule has 2 aliphatic heterocycles. The van der Waals surface area contributed by atoms with Crippen LogP contribution in [0.4, 0.5) is 16.2 Å². The van der Waals surface area contributed by atoms with Crippen molar-refractivity contribution in [2.75, 3.05) is 29.9 Å². The van der Waals surface area contributed by atoms with E-state index < -0.39 is 12.1 Å². The molecule has 2 saturated heterocycles. The van der Waals surface area contributed by atoms with Crippen LogP contribution < -0.4 is 10.2 Å². The molecule has 2 heterocycles. The molecule has 0 radical (unpaired) electrons. The van der Waals surface area contributed by atoms with Gasteiger partial charge in [-0.15, -0.1) is 0 Å². The van der Waals surface area contributed by atoms with Crippen LogP contribution in [0.15, 0.2) is 48.5 Å². The van der Waals surface area contributed by atoms with Crippen molar-refractivity contribution < 1.29 is 24.2 Å². The number of cyclic esters (lactones) is 1. The average Bonchev–Trinajstić information content (AvgIpc) is 3.37. The van der Waals surface area contributed by atoms with E-state index >= 15 is 0 Å². The molecule has 0 aliphatic carbocycles. The summed E-state index contributed by atoms with van der Waals surface area (Å²) in [5.41, 5.74) is 1.36. The number of carbonyl (C=O) groups excluding carboxylic acids is 3. The van der Waals surface area contributed by atoms with Crippen molar-refractivity contribution in [1.82, 2.24) is 4.90 Å². The van der Waals surface area contributed by atoms with E-state index in [1.165, 1.54) is 15.9 Å². The summed E-state index contributed by atoms with van der Waals surface area (Å²) in [5.74, 6) is -0.768. The van der Waals surface area contributed by atoms with Gasteiger partial charge in [-0.05, 0) is 43.2 Å². The lowest BCUT2D eigenvalue weighted by molar-refractivity contribution is -0.119. The molecular formula is C21H21N3O5. The van der Waals surface area contributed by atoms with Gasteiger partial charge in [0.2, 0.25) is 5.91 Å². The van der Waals surface area contributed by atoms with Crippen LogP contribution in [0.5, 0.6) is 5.75 Å². The van der Waals surface area contributed by atoms with Gasteiger partial charge >= 0.3 is 6.09 Å². The number of nitrogens with zero attached hydrogens (tertiary/aromatic N) is 2. The second-order valence-electron chi connectivity index (χ2n) is 6.98. The van der Waals surface area contributed by atoms with Gasteiger partial charge < -0.3 is 20.1 Å². The number of aromatic hydroxyl groups is 1. The van der Waals surface area contributed by atoms with Crippen LogP contribution in [-0.4, -0.2) is 53.7 Å². The summed E-state index contributed by atoms with van der Waals surface area (Å²) in [4.78, 5) is 40.4. The monoisotopic (exact) mass is 395 g/mol. The molecule has 8 heteroatoms. The molecule has 2 aromatic rings. The maximum Gasteiger partial charge on any atom is 0.414 e. The summed E-state index contributed by atoms with van der Waals surface area (Å²) in [6.07, 6.45) is 0.837. The lowest BCUT2D eigenvalue weighted by Gasteiger charge is -2.24. The summed E-state index contributed by atoms with van der Waals surface area (Å²) in [6.45, 7) is 1.24. The van der Waals surface area contributed by atoms with E-state index in [-0.39, 0.29) is 23.1 Å². The maximum atomic E-state index is 12.9. The molecule has 3 amide bonds. The van der Waals surface area contributed by atoms with Crippen molar-refractivity contribution in [2.24, 2.45) is 0 Å². The highest BCUT2D eigenvalue weighted by atomic mass is 16.6. The third-order valence-electron chi connectivity index (χ3n) is 5.14. The smallest absolute Gasteiger partial charge is 0.414 e. The number of rotatable bonds is 4. The number of phenols is 1. The predicted molar refractivity (Wildman–Crippen MR) is 106 cm³/mol. The van der Waals surface area contributed by atoms with Gasteiger partial charge in [0, 0.05) is 17.9 Å². The maximum absolute atomic E-state index is 12.9. The number of likely N-dealkylation sites (tertiary alicyclic amines) is 1. The number of amides is 3. The minimum atomic E-state index is -0.623. The van der Waals surface area contributed by atoms with Crippen molar-refractivity contribution in [1.29, 1.82) is 0 Å². The van der Waals surface area contributed by atoms with Gasteiger partial charge in [-0.2, -0.15) is 0 Å². The quantitative estimate of drug-likeness (QED) is 0.829. The molecule has 0 aromatic heterocycles. The standard InChI is InChI=1S/C21H21N3O5/c25-18-9-2-1-7-16(18)20(27)24-10-4-8-17(24)19(26)22-14-5-3-6-15(13-14)23-11-12-29-21(23)28/h1-3,5-7,9,13,17,25H,4,8,10-12H2,(H,22,26)/t17-/m1/s1. The topological polar surface area (TPSA) is 99.2 Å². The van der Waals surface area contributed by atoms with Crippen molar-refractivity contribution in [3.8, 4) is 5.75 Å². The third kappa shape index (κ3) is 3.73. The molecule has 0 spiro atoms. The first-order valence-corrected chi connectivity index (χ1v) is 9.49. The Bertz CT molecular complexity index is 961. The molecular weight excluding hydrogens is 374 g/mol. The zero-order valence-electron chi connectivity index (χ0n) is 15.7. The minimum absolute atomic E-state index is 0.103. The number of carbonyl (C=O) groups is 3. The van der Waals surface area contributed by atoms with E-state index in [9.17, 15) is 19.5 Å². The Labute approximate surface area is 167 Å². The van der Waals surface area contributed by atoms with E-state index in [4.69, 9.17) is 4.74 Å². The van der Waals surface area contributed by atoms with Crippen LogP contribution in [0.2, 0.25) is 0 Å². The highest BCUT2D eigenvalue weighted by Gasteiger charge is 2.35. The summed E-state index contributed by atoms with van der Waals surface area (Å²) in [7, 11) is 0. The molecule has 2 aliphatic rings. The summed E-state index contributed by atoms with van der Waals surface area (Å²) in [5, 5.41) is 12.8. The van der Waals surface area contributed by atoms with Gasteiger partial charge in [-0.25, -0.2) is 4.79 Å². The normalized spacial score (nSPS) is 18.6. The molecule has 2 fully saturated rings. The number of nitrogens with one attached hydrogen (secondary N) is 1. The van der Waals surface area contributed by atoms with Crippen LogP contribution in [0.1, 0.15) is 23.2 Å². The van der Waals surface area contributed by atoms with Crippen LogP contribution in [-0.2, 0) is 9.53 Å². The number of ether oxygens (including phenoxy) is 1. The second kappa shape index (κ2) is 7.83. The SMILES string of the molecule is O=C(Nc1cccc(N2CCOC2=O)c1)[C@H]1CCCN1C(=O)c1ccccc1O. The minimum Gasteiger partial charge on any atom is -0.507 e. The van der Waals surface area contributed by atoms with Crippen LogP contribution in [0.3, 0.4) is 0 Å². The van der Waals surface area contributed by atoms with E-state index in [1.807, 2.05) is 0 Å². The summed E-state index contributed by atoms with van der Waals surface area (Å²) in [6, 6.07) is 12.6. The molecule has 4 rings (SSSR count). The molecule has 2 aromatic carbocycles. The first-order chi connectivity index (χ1) is 14.0. The Balaban J connectivity index is 1.49. The van der Waals surface area contributed by atoms with E-state index in [0.29, 0.717) is 43.9 Å². The van der Waals surface area contributed by atoms with Crippen molar-refractivity contribution in [3.05, 3.63) is 54.1 Å². The Kier molecular flexibility index (Phi) is 5.07. The van der Waals surface area contributed by atoms with Gasteiger partial charge in [-0.1, -0.05) is 18.2 Å². The predicted octanol–water partition coefficient (Wildman–Crippen LogP) is 2.59. The molecule has 0 unspecified atom stereocenters. The van der Waals surface area contributed by atoms with Crippen molar-refractivity contribution in [3.63, 3.8) is 0 Å². The molecule has 150 valence electrons. The Hall–Kier alpha value is -3.55. The number of hydrogen-bond donors (Lipinski definition) is 2. The van der Waals surface area contributed by atoms with Gasteiger partial charge in [-0.3, -0.25) is 14.5 Å². The molecule has 1 atom stereocenters.